The summed E-state index contributed by atoms with van der Waals surface area (Å²) >= 11 is 11.8. The second kappa shape index (κ2) is 11.8. The molecule has 0 radical (unpaired) electrons. The fourth-order valence-corrected chi connectivity index (χ4v) is 4.95. The number of halogens is 1. The molecule has 0 bridgehead atoms. The Bertz CT molecular complexity index is 1750. The highest BCUT2D eigenvalue weighted by Crippen LogP contribution is 2.38. The maximum absolute atomic E-state index is 13.4. The van der Waals surface area contributed by atoms with Gasteiger partial charge in [-0.25, -0.2) is 4.79 Å². The molecule has 0 saturated carbocycles. The Hall–Kier alpha value is -4.73. The van der Waals surface area contributed by atoms with Gasteiger partial charge in [0.05, 0.1) is 22.9 Å². The fourth-order valence-electron chi connectivity index (χ4n) is 4.39. The number of carboxylic acid groups (broad SMARTS) is 1. The highest BCUT2D eigenvalue weighted by Gasteiger charge is 2.35. The summed E-state index contributed by atoms with van der Waals surface area (Å²) in [5.41, 5.74) is 1.31. The molecule has 1 fully saturated rings. The van der Waals surface area contributed by atoms with Gasteiger partial charge in [0.25, 0.3) is 11.8 Å². The van der Waals surface area contributed by atoms with E-state index in [0.29, 0.717) is 23.7 Å². The monoisotopic (exact) mass is 586 g/mol. The van der Waals surface area contributed by atoms with Crippen molar-refractivity contribution in [1.29, 1.82) is 0 Å². The van der Waals surface area contributed by atoms with E-state index in [4.69, 9.17) is 33.3 Å². The van der Waals surface area contributed by atoms with Gasteiger partial charge in [-0.1, -0.05) is 54.1 Å². The summed E-state index contributed by atoms with van der Waals surface area (Å²) in [5, 5.41) is 14.1. The number of anilines is 1. The van der Waals surface area contributed by atoms with Gasteiger partial charge in [-0.2, -0.15) is 0 Å². The van der Waals surface area contributed by atoms with Crippen LogP contribution in [-0.4, -0.2) is 34.6 Å². The van der Waals surface area contributed by atoms with Crippen LogP contribution in [0.1, 0.15) is 28.4 Å². The van der Waals surface area contributed by atoms with Gasteiger partial charge in [-0.05, 0) is 83.5 Å². The molecule has 1 heterocycles. The van der Waals surface area contributed by atoms with E-state index >= 15 is 0 Å². The van der Waals surface area contributed by atoms with Gasteiger partial charge in [0.2, 0.25) is 0 Å². The summed E-state index contributed by atoms with van der Waals surface area (Å²) in [6.07, 6.45) is 1.37. The number of nitrogens with zero attached hydrogens (tertiary/aromatic N) is 1. The van der Waals surface area contributed by atoms with Crippen molar-refractivity contribution in [3.8, 4) is 11.5 Å². The van der Waals surface area contributed by atoms with E-state index in [9.17, 15) is 19.5 Å². The number of fused-ring (bicyclic) bond motifs is 1. The molecule has 1 aliphatic heterocycles. The lowest BCUT2D eigenvalue weighted by atomic mass is 10.1. The zero-order valence-electron chi connectivity index (χ0n) is 21.7. The van der Waals surface area contributed by atoms with Gasteiger partial charge in [0.1, 0.15) is 12.2 Å². The number of benzene rings is 4. The van der Waals surface area contributed by atoms with Crippen molar-refractivity contribution in [2.24, 2.45) is 0 Å². The van der Waals surface area contributed by atoms with Crippen LogP contribution in [-0.2, 0) is 16.2 Å². The lowest BCUT2D eigenvalue weighted by molar-refractivity contribution is -0.122. The minimum absolute atomic E-state index is 0.0343. The zero-order chi connectivity index (χ0) is 29.1. The Morgan fingerprint density at radius 2 is 1.78 bits per heavy atom. The quantitative estimate of drug-likeness (QED) is 0.148. The van der Waals surface area contributed by atoms with E-state index in [0.717, 1.165) is 21.2 Å². The molecule has 4 aromatic rings. The molecule has 206 valence electrons. The summed E-state index contributed by atoms with van der Waals surface area (Å²) in [6, 6.07) is 22.9. The van der Waals surface area contributed by atoms with Crippen LogP contribution in [0.25, 0.3) is 16.8 Å². The highest BCUT2D eigenvalue weighted by molar-refractivity contribution is 7.80. The topological polar surface area (TPSA) is 105 Å². The summed E-state index contributed by atoms with van der Waals surface area (Å²) in [7, 11) is 0. The van der Waals surface area contributed by atoms with E-state index in [1.54, 1.807) is 12.1 Å². The van der Waals surface area contributed by atoms with Crippen molar-refractivity contribution in [3.63, 3.8) is 0 Å². The molecule has 10 heteroatoms. The minimum Gasteiger partial charge on any atom is -0.490 e. The largest absolute Gasteiger partial charge is 0.490 e. The number of carbonyl (C=O) groups excluding carboxylic acids is 2. The van der Waals surface area contributed by atoms with Crippen LogP contribution in [0, 0.1) is 0 Å². The van der Waals surface area contributed by atoms with Gasteiger partial charge in [-0.3, -0.25) is 19.8 Å². The number of carbonyl (C=O) groups is 3. The van der Waals surface area contributed by atoms with Crippen LogP contribution in [0.15, 0.2) is 84.4 Å². The van der Waals surface area contributed by atoms with E-state index in [1.165, 1.54) is 30.3 Å². The lowest BCUT2D eigenvalue weighted by Gasteiger charge is -2.29. The van der Waals surface area contributed by atoms with Gasteiger partial charge in [0.15, 0.2) is 16.6 Å². The van der Waals surface area contributed by atoms with Crippen molar-refractivity contribution in [2.45, 2.75) is 13.5 Å². The van der Waals surface area contributed by atoms with Gasteiger partial charge in [-0.15, -0.1) is 0 Å². The van der Waals surface area contributed by atoms with Gasteiger partial charge < -0.3 is 14.6 Å². The lowest BCUT2D eigenvalue weighted by Crippen LogP contribution is -2.54. The van der Waals surface area contributed by atoms with Crippen LogP contribution in [0.2, 0.25) is 5.02 Å². The number of ether oxygens (including phenoxy) is 2. The summed E-state index contributed by atoms with van der Waals surface area (Å²) in [4.78, 5) is 38.7. The Morgan fingerprint density at radius 3 is 2.54 bits per heavy atom. The number of hydrogen-bond acceptors (Lipinski definition) is 6. The smallest absolute Gasteiger partial charge is 0.335 e. The van der Waals surface area contributed by atoms with Crippen LogP contribution in [0.5, 0.6) is 11.5 Å². The standard InChI is InChI=1S/C31H23ClN2O6S/c1-2-39-26-15-19(14-25(32)27(26)40-17-18-10-11-20-6-3-4-7-21(20)12-18)13-24-28(35)33-31(41)34(29(24)36)23-9-5-8-22(16-23)30(37)38/h3-16H,2,17H2,1H3,(H,37,38)(H,33,35,41). The first-order valence-corrected chi connectivity index (χ1v) is 13.4. The third-order valence-electron chi connectivity index (χ3n) is 6.29. The predicted molar refractivity (Wildman–Crippen MR) is 161 cm³/mol. The molecule has 1 saturated heterocycles. The molecule has 0 aliphatic carbocycles. The van der Waals surface area contributed by atoms with Crippen LogP contribution in [0.4, 0.5) is 5.69 Å². The third-order valence-corrected chi connectivity index (χ3v) is 6.86. The van der Waals surface area contributed by atoms with E-state index < -0.39 is 17.8 Å². The number of carboxylic acids is 1. The Morgan fingerprint density at radius 1 is 1.00 bits per heavy atom. The SMILES string of the molecule is CCOc1cc(C=C2C(=O)NC(=S)N(c3cccc(C(=O)O)c3)C2=O)cc(Cl)c1OCc1ccc2ccccc2c1. The molecular formula is C31H23ClN2O6S. The van der Waals surface area contributed by atoms with Crippen LogP contribution < -0.4 is 19.7 Å². The first-order chi connectivity index (χ1) is 19.7. The Labute approximate surface area is 245 Å². The zero-order valence-corrected chi connectivity index (χ0v) is 23.3. The molecule has 0 spiro atoms. The number of thiocarbonyl (C=S) groups is 1. The average Bonchev–Trinajstić information content (AvgIpc) is 2.95. The number of nitrogens with one attached hydrogen (secondary N) is 1. The maximum atomic E-state index is 13.4. The highest BCUT2D eigenvalue weighted by atomic mass is 35.5. The first kappa shape index (κ1) is 27.8. The molecule has 0 aromatic heterocycles. The number of hydrogen-bond donors (Lipinski definition) is 2. The third kappa shape index (κ3) is 5.91. The summed E-state index contributed by atoms with van der Waals surface area (Å²) < 4.78 is 11.9. The molecule has 2 amide bonds. The molecule has 0 atom stereocenters. The van der Waals surface area contributed by atoms with E-state index in [1.807, 2.05) is 49.4 Å². The van der Waals surface area contributed by atoms with Crippen LogP contribution >= 0.6 is 23.8 Å². The van der Waals surface area contributed by atoms with E-state index in [2.05, 4.69) is 5.32 Å². The average molecular weight is 587 g/mol. The molecular weight excluding hydrogens is 564 g/mol. The Balaban J connectivity index is 1.44. The van der Waals surface area contributed by atoms with Crippen molar-refractivity contribution in [1.82, 2.24) is 5.32 Å². The van der Waals surface area contributed by atoms with Gasteiger partial charge >= 0.3 is 5.97 Å². The summed E-state index contributed by atoms with van der Waals surface area (Å²) in [6.45, 7) is 2.38. The van der Waals surface area contributed by atoms with Crippen molar-refractivity contribution >= 4 is 69.3 Å². The van der Waals surface area contributed by atoms with Gasteiger partial charge in [0, 0.05) is 0 Å². The van der Waals surface area contributed by atoms with E-state index in [-0.39, 0.29) is 33.6 Å². The second-order valence-electron chi connectivity index (χ2n) is 9.05. The molecule has 1 aliphatic rings. The van der Waals surface area contributed by atoms with Crippen molar-refractivity contribution in [3.05, 3.63) is 106 Å². The predicted octanol–water partition coefficient (Wildman–Crippen LogP) is 6.00. The van der Waals surface area contributed by atoms with Crippen molar-refractivity contribution in [2.75, 3.05) is 11.5 Å². The minimum atomic E-state index is -1.16. The molecule has 4 aromatic carbocycles. The number of aromatic carboxylic acids is 1. The normalized spacial score (nSPS) is 14.3. The molecule has 8 nitrogen and oxygen atoms in total. The molecule has 0 unspecified atom stereocenters. The Kier molecular flexibility index (Phi) is 8.00. The molecule has 41 heavy (non-hydrogen) atoms. The molecule has 5 rings (SSSR count). The second-order valence-corrected chi connectivity index (χ2v) is 9.84. The molecule has 2 N–H and O–H groups in total. The van der Waals surface area contributed by atoms with Crippen molar-refractivity contribution < 1.29 is 29.0 Å². The number of amides is 2. The maximum Gasteiger partial charge on any atom is 0.335 e. The fraction of sp³-hybridized carbons (Fsp3) is 0.0968. The number of rotatable bonds is 8. The first-order valence-electron chi connectivity index (χ1n) is 12.6. The van der Waals surface area contributed by atoms with Crippen LogP contribution in [0.3, 0.4) is 0 Å². The summed E-state index contributed by atoms with van der Waals surface area (Å²) in [5.74, 6) is -1.90.